The first-order chi connectivity index (χ1) is 8.15. The van der Waals surface area contributed by atoms with Crippen molar-refractivity contribution in [2.24, 2.45) is 11.7 Å². The smallest absolute Gasteiger partial charge is 0.233 e. The van der Waals surface area contributed by atoms with Gasteiger partial charge in [-0.3, -0.25) is 9.36 Å². The quantitative estimate of drug-likeness (QED) is 0.880. The van der Waals surface area contributed by atoms with Crippen LogP contribution in [-0.2, 0) is 6.42 Å². The van der Waals surface area contributed by atoms with E-state index in [2.05, 4.69) is 0 Å². The second-order valence-corrected chi connectivity index (χ2v) is 4.57. The average Bonchev–Trinajstić information content (AvgIpc) is 2.68. The van der Waals surface area contributed by atoms with E-state index in [-0.39, 0.29) is 11.8 Å². The molecule has 17 heavy (non-hydrogen) atoms. The molecule has 0 aliphatic rings. The first-order valence-electron chi connectivity index (χ1n) is 5.98. The van der Waals surface area contributed by atoms with Crippen molar-refractivity contribution in [3.05, 3.63) is 36.0 Å². The fourth-order valence-electron chi connectivity index (χ4n) is 2.07. The number of nitrogens with two attached hydrogens (primary N) is 1. The molecule has 0 saturated heterocycles. The summed E-state index contributed by atoms with van der Waals surface area (Å²) in [5.41, 5.74) is 7.73. The summed E-state index contributed by atoms with van der Waals surface area (Å²) in [6, 6.07) is 7.98. The van der Waals surface area contributed by atoms with Crippen LogP contribution in [0.5, 0.6) is 0 Å². The van der Waals surface area contributed by atoms with Crippen molar-refractivity contribution in [3.63, 3.8) is 0 Å². The second kappa shape index (κ2) is 4.72. The van der Waals surface area contributed by atoms with E-state index < -0.39 is 0 Å². The minimum atomic E-state index is -0.00321. The van der Waals surface area contributed by atoms with Crippen LogP contribution in [0.1, 0.15) is 24.2 Å². The Balaban J connectivity index is 2.60. The highest BCUT2D eigenvalue weighted by molar-refractivity contribution is 5.95. The lowest BCUT2D eigenvalue weighted by Crippen LogP contribution is -2.15. The zero-order valence-electron chi connectivity index (χ0n) is 10.3. The second-order valence-electron chi connectivity index (χ2n) is 4.57. The highest BCUT2D eigenvalue weighted by atomic mass is 16.2. The molecule has 0 bridgehead atoms. The van der Waals surface area contributed by atoms with Gasteiger partial charge in [-0.1, -0.05) is 32.0 Å². The van der Waals surface area contributed by atoms with E-state index in [9.17, 15) is 4.79 Å². The van der Waals surface area contributed by atoms with Gasteiger partial charge in [0.15, 0.2) is 0 Å². The van der Waals surface area contributed by atoms with Crippen LogP contribution in [0.2, 0.25) is 0 Å². The lowest BCUT2D eigenvalue weighted by atomic mass is 10.1. The molecule has 2 N–H and O–H groups in total. The number of nitrogens with zero attached hydrogens (tertiary/aromatic N) is 1. The molecule has 90 valence electrons. The summed E-state index contributed by atoms with van der Waals surface area (Å²) in [5.74, 6) is 0.126. The van der Waals surface area contributed by atoms with Crippen molar-refractivity contribution >= 4 is 16.8 Å². The lowest BCUT2D eigenvalue weighted by molar-refractivity contribution is 0.0860. The lowest BCUT2D eigenvalue weighted by Gasteiger charge is -2.06. The molecule has 0 aliphatic heterocycles. The van der Waals surface area contributed by atoms with Crippen molar-refractivity contribution in [1.82, 2.24) is 4.57 Å². The van der Waals surface area contributed by atoms with Crippen LogP contribution in [0.25, 0.3) is 10.9 Å². The Morgan fingerprint density at radius 2 is 2.06 bits per heavy atom. The molecule has 0 unspecified atom stereocenters. The predicted octanol–water partition coefficient (Wildman–Crippen LogP) is 2.44. The Bertz CT molecular complexity index is 540. The number of hydrogen-bond donors (Lipinski definition) is 1. The summed E-state index contributed by atoms with van der Waals surface area (Å²) in [4.78, 5) is 12.1. The maximum Gasteiger partial charge on any atom is 0.233 e. The summed E-state index contributed by atoms with van der Waals surface area (Å²) in [5, 5.41) is 1.13. The van der Waals surface area contributed by atoms with Crippen molar-refractivity contribution in [2.75, 3.05) is 6.54 Å². The highest BCUT2D eigenvalue weighted by Gasteiger charge is 2.15. The number of carbonyl (C=O) groups excluding carboxylic acids is 1. The number of carbonyl (C=O) groups is 1. The summed E-state index contributed by atoms with van der Waals surface area (Å²) < 4.78 is 1.75. The van der Waals surface area contributed by atoms with Crippen molar-refractivity contribution in [2.45, 2.75) is 20.3 Å². The summed E-state index contributed by atoms with van der Waals surface area (Å²) >= 11 is 0. The topological polar surface area (TPSA) is 48.0 Å². The Labute approximate surface area is 101 Å². The predicted molar refractivity (Wildman–Crippen MR) is 70.2 cm³/mol. The minimum Gasteiger partial charge on any atom is -0.330 e. The van der Waals surface area contributed by atoms with Crippen molar-refractivity contribution in [1.29, 1.82) is 0 Å². The van der Waals surface area contributed by atoms with E-state index in [0.717, 1.165) is 22.9 Å². The van der Waals surface area contributed by atoms with Crippen molar-refractivity contribution in [3.8, 4) is 0 Å². The molecular weight excluding hydrogens is 212 g/mol. The molecule has 0 atom stereocenters. The summed E-state index contributed by atoms with van der Waals surface area (Å²) in [7, 11) is 0. The number of hydrogen-bond acceptors (Lipinski definition) is 2. The molecule has 0 spiro atoms. The third kappa shape index (κ3) is 2.11. The van der Waals surface area contributed by atoms with Gasteiger partial charge in [-0.2, -0.15) is 0 Å². The first kappa shape index (κ1) is 11.9. The molecule has 0 saturated carbocycles. The molecule has 0 fully saturated rings. The molecule has 0 amide bonds. The number of fused-ring (bicyclic) bond motifs is 1. The molecule has 1 aromatic heterocycles. The van der Waals surface area contributed by atoms with Gasteiger partial charge in [-0.05, 0) is 24.6 Å². The van der Waals surface area contributed by atoms with Gasteiger partial charge in [0, 0.05) is 17.5 Å². The van der Waals surface area contributed by atoms with Gasteiger partial charge in [-0.25, -0.2) is 0 Å². The Morgan fingerprint density at radius 3 is 2.71 bits per heavy atom. The van der Waals surface area contributed by atoms with Crippen LogP contribution in [0, 0.1) is 5.92 Å². The van der Waals surface area contributed by atoms with Gasteiger partial charge in [0.2, 0.25) is 5.91 Å². The SMILES string of the molecule is CC(C)C(=O)n1cc(CCN)c2ccccc21. The highest BCUT2D eigenvalue weighted by Crippen LogP contribution is 2.22. The third-order valence-electron chi connectivity index (χ3n) is 2.94. The Hall–Kier alpha value is -1.61. The van der Waals surface area contributed by atoms with E-state index in [0.29, 0.717) is 6.54 Å². The largest absolute Gasteiger partial charge is 0.330 e. The fraction of sp³-hybridized carbons (Fsp3) is 0.357. The number of para-hydroxylation sites is 1. The van der Waals surface area contributed by atoms with Gasteiger partial charge in [0.05, 0.1) is 5.52 Å². The molecule has 3 nitrogen and oxygen atoms in total. The third-order valence-corrected chi connectivity index (χ3v) is 2.94. The number of rotatable bonds is 3. The fourth-order valence-corrected chi connectivity index (χ4v) is 2.07. The van der Waals surface area contributed by atoms with Gasteiger partial charge in [0.25, 0.3) is 0 Å². The van der Waals surface area contributed by atoms with Crippen LogP contribution in [-0.4, -0.2) is 17.0 Å². The van der Waals surface area contributed by atoms with Gasteiger partial charge in [0.1, 0.15) is 0 Å². The maximum atomic E-state index is 12.1. The standard InChI is InChI=1S/C14H18N2O/c1-10(2)14(17)16-9-11(7-8-15)12-5-3-4-6-13(12)16/h3-6,9-10H,7-8,15H2,1-2H3. The zero-order chi connectivity index (χ0) is 12.4. The average molecular weight is 230 g/mol. The molecule has 2 aromatic rings. The summed E-state index contributed by atoms with van der Waals surface area (Å²) in [6.07, 6.45) is 2.73. The van der Waals surface area contributed by atoms with E-state index in [4.69, 9.17) is 5.73 Å². The number of aromatic nitrogens is 1. The van der Waals surface area contributed by atoms with Crippen LogP contribution >= 0.6 is 0 Å². The Morgan fingerprint density at radius 1 is 1.35 bits per heavy atom. The molecule has 1 aromatic carbocycles. The van der Waals surface area contributed by atoms with Gasteiger partial charge in [-0.15, -0.1) is 0 Å². The molecule has 3 heteroatoms. The van der Waals surface area contributed by atoms with Crippen LogP contribution in [0.3, 0.4) is 0 Å². The molecular formula is C14H18N2O. The molecule has 0 radical (unpaired) electrons. The van der Waals surface area contributed by atoms with Gasteiger partial charge >= 0.3 is 0 Å². The molecule has 0 aliphatic carbocycles. The minimum absolute atomic E-state index is 0.00321. The van der Waals surface area contributed by atoms with Crippen molar-refractivity contribution < 1.29 is 4.79 Å². The van der Waals surface area contributed by atoms with E-state index in [1.165, 1.54) is 0 Å². The van der Waals surface area contributed by atoms with E-state index >= 15 is 0 Å². The monoisotopic (exact) mass is 230 g/mol. The summed E-state index contributed by atoms with van der Waals surface area (Å²) in [6.45, 7) is 4.43. The molecule has 1 heterocycles. The van der Waals surface area contributed by atoms with Crippen LogP contribution in [0.4, 0.5) is 0 Å². The van der Waals surface area contributed by atoms with E-state index in [1.807, 2.05) is 44.3 Å². The first-order valence-corrected chi connectivity index (χ1v) is 5.98. The normalized spacial score (nSPS) is 11.3. The van der Waals surface area contributed by atoms with E-state index in [1.54, 1.807) is 4.57 Å². The Kier molecular flexibility index (Phi) is 3.29. The van der Waals surface area contributed by atoms with Gasteiger partial charge < -0.3 is 5.73 Å². The zero-order valence-corrected chi connectivity index (χ0v) is 10.3. The number of benzene rings is 1. The maximum absolute atomic E-state index is 12.1. The molecule has 2 rings (SSSR count). The van der Waals surface area contributed by atoms with Crippen LogP contribution < -0.4 is 5.73 Å². The van der Waals surface area contributed by atoms with Crippen LogP contribution in [0.15, 0.2) is 30.5 Å².